The first-order chi connectivity index (χ1) is 11.1. The molecule has 0 unspecified atom stereocenters. The summed E-state index contributed by atoms with van der Waals surface area (Å²) in [4.78, 5) is 14.3. The molecule has 0 fully saturated rings. The summed E-state index contributed by atoms with van der Waals surface area (Å²) in [6.07, 6.45) is 1.60. The van der Waals surface area contributed by atoms with Gasteiger partial charge in [0.2, 0.25) is 0 Å². The quantitative estimate of drug-likeness (QED) is 0.569. The molecule has 0 atom stereocenters. The van der Waals surface area contributed by atoms with Gasteiger partial charge in [0.15, 0.2) is 5.69 Å². The van der Waals surface area contributed by atoms with Gasteiger partial charge in [-0.2, -0.15) is 10.2 Å². The van der Waals surface area contributed by atoms with Crippen molar-refractivity contribution in [1.29, 1.82) is 0 Å². The molecule has 3 aromatic rings. The van der Waals surface area contributed by atoms with Gasteiger partial charge in [-0.1, -0.05) is 29.8 Å². The number of thiophene rings is 1. The van der Waals surface area contributed by atoms with Crippen molar-refractivity contribution in [3.05, 3.63) is 64.2 Å². The van der Waals surface area contributed by atoms with Crippen molar-refractivity contribution in [1.82, 2.24) is 15.6 Å². The molecule has 0 aliphatic rings. The smallest absolute Gasteiger partial charge is 0.276 e. The third kappa shape index (κ3) is 3.73. The minimum absolute atomic E-state index is 0.312. The molecular formula is C17H16N4OS. The fourth-order valence-corrected chi connectivity index (χ4v) is 2.85. The van der Waals surface area contributed by atoms with Gasteiger partial charge in [-0.3, -0.25) is 9.89 Å². The Morgan fingerprint density at radius 3 is 2.70 bits per heavy atom. The van der Waals surface area contributed by atoms with Crippen LogP contribution in [0.1, 0.15) is 26.5 Å². The van der Waals surface area contributed by atoms with Crippen LogP contribution in [0.3, 0.4) is 0 Å². The molecule has 0 saturated heterocycles. The Labute approximate surface area is 138 Å². The van der Waals surface area contributed by atoms with Gasteiger partial charge >= 0.3 is 0 Å². The first-order valence-electron chi connectivity index (χ1n) is 7.14. The van der Waals surface area contributed by atoms with Gasteiger partial charge in [0, 0.05) is 4.88 Å². The fraction of sp³-hybridized carbons (Fsp3) is 0.118. The van der Waals surface area contributed by atoms with Crippen LogP contribution in [0.15, 0.2) is 47.6 Å². The Hall–Kier alpha value is -2.73. The Morgan fingerprint density at radius 1 is 1.22 bits per heavy atom. The predicted octanol–water partition coefficient (Wildman–Crippen LogP) is 3.52. The Morgan fingerprint density at radius 2 is 2.00 bits per heavy atom. The van der Waals surface area contributed by atoms with Crippen LogP contribution in [0.25, 0.3) is 10.6 Å². The van der Waals surface area contributed by atoms with Gasteiger partial charge in [0.1, 0.15) is 0 Å². The zero-order chi connectivity index (χ0) is 16.2. The van der Waals surface area contributed by atoms with Crippen molar-refractivity contribution in [2.24, 2.45) is 5.10 Å². The molecule has 2 N–H and O–H groups in total. The molecule has 23 heavy (non-hydrogen) atoms. The second-order valence-corrected chi connectivity index (χ2v) is 6.47. The average Bonchev–Trinajstić information content (AvgIpc) is 3.18. The minimum atomic E-state index is -0.343. The third-order valence-corrected chi connectivity index (χ3v) is 4.31. The summed E-state index contributed by atoms with van der Waals surface area (Å²) in [6, 6.07) is 13.6. The van der Waals surface area contributed by atoms with Crippen LogP contribution in [0.5, 0.6) is 0 Å². The molecule has 6 heteroatoms. The molecule has 116 valence electrons. The van der Waals surface area contributed by atoms with E-state index in [-0.39, 0.29) is 5.91 Å². The lowest BCUT2D eigenvalue weighted by Crippen LogP contribution is -2.17. The molecule has 1 amide bonds. The summed E-state index contributed by atoms with van der Waals surface area (Å²) in [5.74, 6) is -0.343. The minimum Gasteiger partial charge on any atom is -0.276 e. The Bertz CT molecular complexity index is 846. The zero-order valence-electron chi connectivity index (χ0n) is 12.8. The molecule has 2 aromatic heterocycles. The average molecular weight is 324 g/mol. The van der Waals surface area contributed by atoms with E-state index in [1.807, 2.05) is 50.2 Å². The number of hydrazone groups is 1. The first kappa shape index (κ1) is 15.2. The van der Waals surface area contributed by atoms with Crippen molar-refractivity contribution >= 4 is 23.5 Å². The van der Waals surface area contributed by atoms with E-state index in [2.05, 4.69) is 20.7 Å². The van der Waals surface area contributed by atoms with Crippen LogP contribution in [-0.2, 0) is 0 Å². The van der Waals surface area contributed by atoms with Crippen LogP contribution >= 0.6 is 11.3 Å². The highest BCUT2D eigenvalue weighted by Gasteiger charge is 2.11. The molecule has 0 radical (unpaired) electrons. The summed E-state index contributed by atoms with van der Waals surface area (Å²) >= 11 is 1.65. The molecule has 0 aliphatic heterocycles. The highest BCUT2D eigenvalue weighted by molar-refractivity contribution is 7.15. The number of nitrogens with one attached hydrogen (secondary N) is 2. The molecule has 0 aliphatic carbocycles. The number of aromatic nitrogens is 2. The summed E-state index contributed by atoms with van der Waals surface area (Å²) in [5, 5.41) is 10.9. The number of hydrogen-bond acceptors (Lipinski definition) is 4. The van der Waals surface area contributed by atoms with Gasteiger partial charge in [-0.25, -0.2) is 5.43 Å². The SMILES string of the molecule is Cc1ccc(C=NNC(=O)c2cc(-c3ccc(C)s3)[nH]n2)cc1. The summed E-state index contributed by atoms with van der Waals surface area (Å²) < 4.78 is 0. The fourth-order valence-electron chi connectivity index (χ4n) is 2.02. The number of rotatable bonds is 4. The van der Waals surface area contributed by atoms with E-state index < -0.39 is 0 Å². The topological polar surface area (TPSA) is 70.1 Å². The van der Waals surface area contributed by atoms with Gasteiger partial charge in [0.05, 0.1) is 16.8 Å². The lowest BCUT2D eigenvalue weighted by molar-refractivity contribution is 0.0950. The van der Waals surface area contributed by atoms with E-state index >= 15 is 0 Å². The van der Waals surface area contributed by atoms with E-state index in [0.29, 0.717) is 5.69 Å². The number of carbonyl (C=O) groups excluding carboxylic acids is 1. The van der Waals surface area contributed by atoms with E-state index in [4.69, 9.17) is 0 Å². The van der Waals surface area contributed by atoms with Crippen LogP contribution in [-0.4, -0.2) is 22.3 Å². The molecule has 3 rings (SSSR count). The largest absolute Gasteiger partial charge is 0.291 e. The standard InChI is InChI=1S/C17H16N4OS/c1-11-3-6-13(7-4-11)10-18-21-17(22)15-9-14(19-20-15)16-8-5-12(2)23-16/h3-10H,1-2H3,(H,19,20)(H,21,22). The molecule has 2 heterocycles. The maximum Gasteiger partial charge on any atom is 0.291 e. The van der Waals surface area contributed by atoms with Gasteiger partial charge < -0.3 is 0 Å². The van der Waals surface area contributed by atoms with Crippen molar-refractivity contribution in [2.45, 2.75) is 13.8 Å². The van der Waals surface area contributed by atoms with Crippen molar-refractivity contribution in [3.8, 4) is 10.6 Å². The number of nitrogens with zero attached hydrogens (tertiary/aromatic N) is 2. The number of benzene rings is 1. The third-order valence-electron chi connectivity index (χ3n) is 3.27. The molecule has 5 nitrogen and oxygen atoms in total. The zero-order valence-corrected chi connectivity index (χ0v) is 13.6. The highest BCUT2D eigenvalue weighted by Crippen LogP contribution is 2.26. The van der Waals surface area contributed by atoms with Crippen LogP contribution in [0, 0.1) is 13.8 Å². The maximum atomic E-state index is 12.0. The lowest BCUT2D eigenvalue weighted by Gasteiger charge is -1.96. The molecular weight excluding hydrogens is 308 g/mol. The van der Waals surface area contributed by atoms with E-state index in [1.54, 1.807) is 23.6 Å². The van der Waals surface area contributed by atoms with Crippen molar-refractivity contribution in [2.75, 3.05) is 0 Å². The number of aromatic amines is 1. The van der Waals surface area contributed by atoms with Crippen LogP contribution in [0.2, 0.25) is 0 Å². The summed E-state index contributed by atoms with van der Waals surface area (Å²) in [7, 11) is 0. The maximum absolute atomic E-state index is 12.0. The number of H-pyrrole nitrogens is 1. The Balaban J connectivity index is 1.64. The summed E-state index contributed by atoms with van der Waals surface area (Å²) in [5.41, 5.74) is 5.73. The van der Waals surface area contributed by atoms with E-state index in [1.165, 1.54) is 10.4 Å². The van der Waals surface area contributed by atoms with Crippen LogP contribution < -0.4 is 5.43 Å². The van der Waals surface area contributed by atoms with E-state index in [0.717, 1.165) is 16.1 Å². The van der Waals surface area contributed by atoms with Gasteiger partial charge in [0.25, 0.3) is 5.91 Å². The normalized spacial score (nSPS) is 11.0. The second-order valence-electron chi connectivity index (χ2n) is 5.19. The van der Waals surface area contributed by atoms with Gasteiger partial charge in [-0.05, 0) is 37.6 Å². The van der Waals surface area contributed by atoms with Crippen molar-refractivity contribution in [3.63, 3.8) is 0 Å². The second kappa shape index (κ2) is 6.58. The number of aryl methyl sites for hydroxylation is 2. The molecule has 0 saturated carbocycles. The molecule has 0 spiro atoms. The van der Waals surface area contributed by atoms with Gasteiger partial charge in [-0.15, -0.1) is 11.3 Å². The number of hydrogen-bond donors (Lipinski definition) is 2. The lowest BCUT2D eigenvalue weighted by atomic mass is 10.2. The Kier molecular flexibility index (Phi) is 4.34. The van der Waals surface area contributed by atoms with Crippen molar-refractivity contribution < 1.29 is 4.79 Å². The monoisotopic (exact) mass is 324 g/mol. The predicted molar refractivity (Wildman–Crippen MR) is 92.9 cm³/mol. The number of amides is 1. The molecule has 0 bridgehead atoms. The first-order valence-corrected chi connectivity index (χ1v) is 7.96. The number of carbonyl (C=O) groups is 1. The van der Waals surface area contributed by atoms with Crippen LogP contribution in [0.4, 0.5) is 0 Å². The molecule has 1 aromatic carbocycles. The summed E-state index contributed by atoms with van der Waals surface area (Å²) in [6.45, 7) is 4.06. The van der Waals surface area contributed by atoms with E-state index in [9.17, 15) is 4.79 Å². The highest BCUT2D eigenvalue weighted by atomic mass is 32.1.